The van der Waals surface area contributed by atoms with Crippen LogP contribution in [-0.2, 0) is 4.79 Å². The lowest BCUT2D eigenvalue weighted by Gasteiger charge is -2.07. The summed E-state index contributed by atoms with van der Waals surface area (Å²) in [5, 5.41) is 22.1. The summed E-state index contributed by atoms with van der Waals surface area (Å²) >= 11 is 1.12. The first kappa shape index (κ1) is 17.0. The van der Waals surface area contributed by atoms with Crippen LogP contribution in [0.5, 0.6) is 5.75 Å². The third-order valence-electron chi connectivity index (χ3n) is 3.64. The Kier molecular flexibility index (Phi) is 4.74. The monoisotopic (exact) mass is 364 g/mol. The molecule has 1 aromatic heterocycles. The quantitative estimate of drug-likeness (QED) is 0.326. The first-order valence-corrected chi connectivity index (χ1v) is 8.43. The lowest BCUT2D eigenvalue weighted by molar-refractivity contribution is -0.384. The molecule has 0 unspecified atom stereocenters. The third-order valence-corrected chi connectivity index (χ3v) is 4.58. The number of amides is 1. The van der Waals surface area contributed by atoms with E-state index >= 15 is 0 Å². The number of nitro groups is 1. The number of nitrogens with two attached hydrogens (primary N) is 1. The maximum Gasteiger partial charge on any atom is 0.296 e. The summed E-state index contributed by atoms with van der Waals surface area (Å²) in [6.07, 6.45) is 2.09. The summed E-state index contributed by atoms with van der Waals surface area (Å²) in [5.41, 5.74) is -0.139. The van der Waals surface area contributed by atoms with Gasteiger partial charge in [-0.25, -0.2) is 4.68 Å². The molecule has 3 rings (SSSR count). The Balaban J connectivity index is 1.64. The number of hydrogen-bond acceptors (Lipinski definition) is 8. The molecule has 1 aliphatic rings. The fourth-order valence-electron chi connectivity index (χ4n) is 2.22. The molecule has 0 saturated heterocycles. The summed E-state index contributed by atoms with van der Waals surface area (Å²) in [7, 11) is 1.41. The van der Waals surface area contributed by atoms with Crippen LogP contribution in [0, 0.1) is 10.1 Å². The molecule has 11 heteroatoms. The molecule has 0 aliphatic heterocycles. The van der Waals surface area contributed by atoms with Gasteiger partial charge in [0.15, 0.2) is 5.82 Å². The average molecular weight is 364 g/mol. The number of methoxy groups -OCH3 is 1. The van der Waals surface area contributed by atoms with E-state index in [-0.39, 0.29) is 17.1 Å². The first-order valence-electron chi connectivity index (χ1n) is 7.45. The summed E-state index contributed by atoms with van der Waals surface area (Å²) < 4.78 is 6.35. The molecule has 0 bridgehead atoms. The molecule has 132 valence electrons. The van der Waals surface area contributed by atoms with Gasteiger partial charge in [0, 0.05) is 5.92 Å². The highest BCUT2D eigenvalue weighted by Crippen LogP contribution is 2.39. The highest BCUT2D eigenvalue weighted by molar-refractivity contribution is 7.99. The molecule has 2 aromatic rings. The van der Waals surface area contributed by atoms with Crippen LogP contribution in [-0.4, -0.2) is 38.6 Å². The smallest absolute Gasteiger partial charge is 0.296 e. The van der Waals surface area contributed by atoms with Crippen molar-refractivity contribution in [1.29, 1.82) is 0 Å². The predicted molar refractivity (Wildman–Crippen MR) is 91.1 cm³/mol. The molecule has 3 N–H and O–H groups in total. The summed E-state index contributed by atoms with van der Waals surface area (Å²) in [6.45, 7) is 0. The fraction of sp³-hybridized carbons (Fsp3) is 0.357. The number of nitrogens with one attached hydrogen (secondary N) is 1. The lowest BCUT2D eigenvalue weighted by atomic mass is 10.2. The second kappa shape index (κ2) is 6.97. The predicted octanol–water partition coefficient (Wildman–Crippen LogP) is 1.52. The zero-order valence-corrected chi connectivity index (χ0v) is 14.2. The number of nitro benzene ring substituents is 1. The minimum absolute atomic E-state index is 0.00316. The Hall–Kier alpha value is -2.82. The molecule has 1 heterocycles. The molecule has 1 aliphatic carbocycles. The number of ether oxygens (including phenoxy) is 1. The van der Waals surface area contributed by atoms with Crippen molar-refractivity contribution in [1.82, 2.24) is 14.9 Å². The number of anilines is 1. The van der Waals surface area contributed by atoms with Crippen LogP contribution in [0.4, 0.5) is 11.4 Å². The van der Waals surface area contributed by atoms with Gasteiger partial charge in [-0.05, 0) is 25.0 Å². The minimum Gasteiger partial charge on any atom is -0.496 e. The zero-order valence-electron chi connectivity index (χ0n) is 13.3. The largest absolute Gasteiger partial charge is 0.496 e. The van der Waals surface area contributed by atoms with Gasteiger partial charge in [0.2, 0.25) is 11.1 Å². The van der Waals surface area contributed by atoms with Crippen LogP contribution in [0.15, 0.2) is 23.4 Å². The van der Waals surface area contributed by atoms with E-state index < -0.39 is 10.8 Å². The Bertz CT molecular complexity index is 820. The number of benzene rings is 1. The fourth-order valence-corrected chi connectivity index (χ4v) is 2.88. The average Bonchev–Trinajstić information content (AvgIpc) is 3.36. The van der Waals surface area contributed by atoms with Crippen LogP contribution in [0.25, 0.3) is 0 Å². The molecule has 10 nitrogen and oxygen atoms in total. The van der Waals surface area contributed by atoms with Crippen molar-refractivity contribution in [2.75, 3.05) is 24.0 Å². The van der Waals surface area contributed by atoms with E-state index in [0.717, 1.165) is 24.6 Å². The first-order chi connectivity index (χ1) is 12.0. The van der Waals surface area contributed by atoms with Crippen LogP contribution in [0.1, 0.15) is 24.6 Å². The van der Waals surface area contributed by atoms with Crippen molar-refractivity contribution >= 4 is 29.0 Å². The van der Waals surface area contributed by atoms with E-state index in [1.165, 1.54) is 30.0 Å². The van der Waals surface area contributed by atoms with Gasteiger partial charge in [-0.3, -0.25) is 14.9 Å². The number of thioether (sulfide) groups is 1. The van der Waals surface area contributed by atoms with Gasteiger partial charge in [0.25, 0.3) is 5.69 Å². The van der Waals surface area contributed by atoms with Crippen LogP contribution < -0.4 is 15.9 Å². The second-order valence-corrected chi connectivity index (χ2v) is 6.40. The number of nitrogen functional groups attached to an aromatic ring is 1. The van der Waals surface area contributed by atoms with Gasteiger partial charge in [-0.2, -0.15) is 0 Å². The van der Waals surface area contributed by atoms with Gasteiger partial charge in [0.05, 0.1) is 23.9 Å². The van der Waals surface area contributed by atoms with Crippen molar-refractivity contribution < 1.29 is 14.5 Å². The van der Waals surface area contributed by atoms with Gasteiger partial charge in [-0.15, -0.1) is 10.2 Å². The highest BCUT2D eigenvalue weighted by atomic mass is 32.2. The molecule has 1 amide bonds. The van der Waals surface area contributed by atoms with Crippen molar-refractivity contribution in [2.24, 2.45) is 0 Å². The zero-order chi connectivity index (χ0) is 18.0. The number of carbonyl (C=O) groups is 1. The van der Waals surface area contributed by atoms with Gasteiger partial charge in [0.1, 0.15) is 11.4 Å². The summed E-state index contributed by atoms with van der Waals surface area (Å²) in [6, 6.07) is 4.21. The molecule has 1 saturated carbocycles. The number of rotatable bonds is 7. The normalized spacial score (nSPS) is 13.5. The molecule has 1 fully saturated rings. The Morgan fingerprint density at radius 2 is 2.28 bits per heavy atom. The molecular formula is C14H16N6O4S. The van der Waals surface area contributed by atoms with Crippen molar-refractivity contribution in [3.05, 3.63) is 34.1 Å². The molecule has 0 atom stereocenters. The molecular weight excluding hydrogens is 348 g/mol. The SMILES string of the molecule is COc1ccc(NC(=O)CSc2nnc(C3CC3)n2N)c([N+](=O)[O-])c1. The van der Waals surface area contributed by atoms with Gasteiger partial charge < -0.3 is 15.9 Å². The number of carbonyl (C=O) groups excluding carboxylic acids is 1. The van der Waals surface area contributed by atoms with Crippen LogP contribution in [0.2, 0.25) is 0 Å². The highest BCUT2D eigenvalue weighted by Gasteiger charge is 2.30. The van der Waals surface area contributed by atoms with Crippen molar-refractivity contribution in [3.8, 4) is 5.75 Å². The van der Waals surface area contributed by atoms with Crippen LogP contribution in [0.3, 0.4) is 0 Å². The third kappa shape index (κ3) is 3.82. The van der Waals surface area contributed by atoms with E-state index in [1.54, 1.807) is 0 Å². The maximum absolute atomic E-state index is 12.1. The standard InChI is InChI=1S/C14H16N6O4S/c1-24-9-4-5-10(11(6-9)20(22)23)16-12(21)7-25-14-18-17-13(19(14)15)8-2-3-8/h4-6,8H,2-3,7,15H2,1H3,(H,16,21). The number of nitrogens with zero attached hydrogens (tertiary/aromatic N) is 4. The van der Waals surface area contributed by atoms with Gasteiger partial charge >= 0.3 is 0 Å². The molecule has 0 spiro atoms. The van der Waals surface area contributed by atoms with Crippen LogP contribution >= 0.6 is 11.8 Å². The Morgan fingerprint density at radius 3 is 2.92 bits per heavy atom. The van der Waals surface area contributed by atoms with Gasteiger partial charge in [-0.1, -0.05) is 11.8 Å². The lowest BCUT2D eigenvalue weighted by Crippen LogP contribution is -2.17. The number of hydrogen-bond donors (Lipinski definition) is 2. The second-order valence-electron chi connectivity index (χ2n) is 5.46. The summed E-state index contributed by atoms with van der Waals surface area (Å²) in [4.78, 5) is 22.6. The summed E-state index contributed by atoms with van der Waals surface area (Å²) in [5.74, 6) is 6.91. The van der Waals surface area contributed by atoms with E-state index in [1.807, 2.05) is 0 Å². The molecule has 0 radical (unpaired) electrons. The topological polar surface area (TPSA) is 138 Å². The molecule has 25 heavy (non-hydrogen) atoms. The van der Waals surface area contributed by atoms with E-state index in [9.17, 15) is 14.9 Å². The Morgan fingerprint density at radius 1 is 1.52 bits per heavy atom. The van der Waals surface area contributed by atoms with E-state index in [2.05, 4.69) is 15.5 Å². The maximum atomic E-state index is 12.1. The molecule has 1 aromatic carbocycles. The van der Waals surface area contributed by atoms with Crippen molar-refractivity contribution in [2.45, 2.75) is 23.9 Å². The van der Waals surface area contributed by atoms with E-state index in [4.69, 9.17) is 10.6 Å². The number of aromatic nitrogens is 3. The van der Waals surface area contributed by atoms with E-state index in [0.29, 0.717) is 22.6 Å². The van der Waals surface area contributed by atoms with Crippen molar-refractivity contribution in [3.63, 3.8) is 0 Å². The minimum atomic E-state index is -0.580. The Labute approximate surface area is 146 Å².